The van der Waals surface area contributed by atoms with Gasteiger partial charge in [0.1, 0.15) is 5.75 Å². The van der Waals surface area contributed by atoms with Crippen molar-refractivity contribution < 1.29 is 17.9 Å². The van der Waals surface area contributed by atoms with Crippen LogP contribution < -0.4 is 9.46 Å². The van der Waals surface area contributed by atoms with Crippen LogP contribution >= 0.6 is 0 Å². The van der Waals surface area contributed by atoms with Gasteiger partial charge < -0.3 is 4.74 Å². The van der Waals surface area contributed by atoms with Gasteiger partial charge in [-0.1, -0.05) is 18.2 Å². The summed E-state index contributed by atoms with van der Waals surface area (Å²) in [5.41, 5.74) is 1.69. The summed E-state index contributed by atoms with van der Waals surface area (Å²) in [7, 11) is -1.76. The van der Waals surface area contributed by atoms with E-state index < -0.39 is 10.0 Å². The molecule has 120 valence electrons. The molecule has 0 fully saturated rings. The van der Waals surface area contributed by atoms with Crippen LogP contribution in [-0.2, 0) is 10.0 Å². The van der Waals surface area contributed by atoms with Crippen LogP contribution in [0.4, 0.5) is 5.69 Å². The van der Waals surface area contributed by atoms with Crippen molar-refractivity contribution in [2.75, 3.05) is 18.1 Å². The number of carbonyl (C=O) groups is 1. The maximum atomic E-state index is 12.1. The van der Waals surface area contributed by atoms with E-state index in [2.05, 4.69) is 4.72 Å². The Morgan fingerprint density at radius 2 is 1.74 bits per heavy atom. The number of benzene rings is 2. The van der Waals surface area contributed by atoms with Crippen molar-refractivity contribution in [3.05, 3.63) is 65.7 Å². The molecule has 0 aliphatic heterocycles. The number of ether oxygens (including phenoxy) is 1. The summed E-state index contributed by atoms with van der Waals surface area (Å²) >= 11 is 0. The van der Waals surface area contributed by atoms with Crippen molar-refractivity contribution in [3.63, 3.8) is 0 Å². The number of nitrogens with one attached hydrogen (secondary N) is 1. The van der Waals surface area contributed by atoms with Crippen LogP contribution in [0.5, 0.6) is 5.75 Å². The van der Waals surface area contributed by atoms with Crippen molar-refractivity contribution in [1.82, 2.24) is 0 Å². The highest BCUT2D eigenvalue weighted by atomic mass is 32.2. The highest BCUT2D eigenvalue weighted by molar-refractivity contribution is 7.92. The molecule has 0 aliphatic carbocycles. The van der Waals surface area contributed by atoms with Crippen LogP contribution in [0, 0.1) is 0 Å². The third kappa shape index (κ3) is 4.96. The fourth-order valence-electron chi connectivity index (χ4n) is 1.98. The molecule has 0 spiro atoms. The van der Waals surface area contributed by atoms with E-state index in [0.29, 0.717) is 17.0 Å². The topological polar surface area (TPSA) is 72.5 Å². The SMILES string of the molecule is COc1ccccc1/C=C\C(=O)c1ccc(NS(C)(=O)=O)cc1. The van der Waals surface area contributed by atoms with Gasteiger partial charge in [0.15, 0.2) is 5.78 Å². The summed E-state index contributed by atoms with van der Waals surface area (Å²) in [6.07, 6.45) is 4.21. The zero-order valence-electron chi connectivity index (χ0n) is 12.8. The van der Waals surface area contributed by atoms with Gasteiger partial charge in [0, 0.05) is 16.8 Å². The predicted octanol–water partition coefficient (Wildman–Crippen LogP) is 2.96. The molecule has 2 aromatic rings. The predicted molar refractivity (Wildman–Crippen MR) is 91.3 cm³/mol. The third-order valence-corrected chi connectivity index (χ3v) is 3.63. The number of anilines is 1. The lowest BCUT2D eigenvalue weighted by atomic mass is 10.1. The second-order valence-electron chi connectivity index (χ2n) is 4.89. The molecule has 0 aromatic heterocycles. The highest BCUT2D eigenvalue weighted by Crippen LogP contribution is 2.19. The first kappa shape index (κ1) is 16.8. The Hall–Kier alpha value is -2.60. The molecule has 0 saturated heterocycles. The fourth-order valence-corrected chi connectivity index (χ4v) is 2.55. The van der Waals surface area contributed by atoms with Crippen molar-refractivity contribution >= 4 is 27.6 Å². The molecule has 0 aliphatic rings. The monoisotopic (exact) mass is 331 g/mol. The molecular formula is C17H17NO4S. The standard InChI is InChI=1S/C17H17NO4S/c1-22-17-6-4-3-5-14(17)9-12-16(19)13-7-10-15(11-8-13)18-23(2,20)21/h3-12,18H,1-2H3/b12-9-. The Kier molecular flexibility index (Phi) is 5.18. The second-order valence-corrected chi connectivity index (χ2v) is 6.64. The zero-order valence-corrected chi connectivity index (χ0v) is 13.6. The first-order valence-corrected chi connectivity index (χ1v) is 8.71. The van der Waals surface area contributed by atoms with Gasteiger partial charge in [-0.15, -0.1) is 0 Å². The number of ketones is 1. The second kappa shape index (κ2) is 7.11. The number of rotatable bonds is 6. The van der Waals surface area contributed by atoms with Crippen molar-refractivity contribution in [2.45, 2.75) is 0 Å². The van der Waals surface area contributed by atoms with E-state index in [0.717, 1.165) is 11.8 Å². The maximum Gasteiger partial charge on any atom is 0.229 e. The maximum absolute atomic E-state index is 12.1. The van der Waals surface area contributed by atoms with Gasteiger partial charge in [-0.05, 0) is 42.5 Å². The lowest BCUT2D eigenvalue weighted by Gasteiger charge is -2.04. The number of sulfonamides is 1. The number of hydrogen-bond donors (Lipinski definition) is 1. The minimum absolute atomic E-state index is 0.179. The van der Waals surface area contributed by atoms with Crippen LogP contribution in [0.15, 0.2) is 54.6 Å². The average Bonchev–Trinajstić information content (AvgIpc) is 2.52. The highest BCUT2D eigenvalue weighted by Gasteiger charge is 2.05. The molecule has 0 atom stereocenters. The van der Waals surface area contributed by atoms with Crippen LogP contribution in [-0.4, -0.2) is 27.6 Å². The smallest absolute Gasteiger partial charge is 0.229 e. The lowest BCUT2D eigenvalue weighted by molar-refractivity contribution is 0.104. The van der Waals surface area contributed by atoms with Crippen LogP contribution in [0.3, 0.4) is 0 Å². The molecule has 0 heterocycles. The quantitative estimate of drug-likeness (QED) is 0.652. The van der Waals surface area contributed by atoms with E-state index in [1.165, 1.54) is 6.08 Å². The third-order valence-electron chi connectivity index (χ3n) is 3.03. The number of hydrogen-bond acceptors (Lipinski definition) is 4. The Labute approximate surface area is 135 Å². The first-order valence-electron chi connectivity index (χ1n) is 6.82. The molecule has 0 bridgehead atoms. The van der Waals surface area contributed by atoms with E-state index in [1.807, 2.05) is 24.3 Å². The van der Waals surface area contributed by atoms with Crippen LogP contribution in [0.25, 0.3) is 6.08 Å². The molecule has 23 heavy (non-hydrogen) atoms. The van der Waals surface area contributed by atoms with E-state index in [9.17, 15) is 13.2 Å². The van der Waals surface area contributed by atoms with E-state index in [-0.39, 0.29) is 5.78 Å². The van der Waals surface area contributed by atoms with Gasteiger partial charge in [-0.2, -0.15) is 0 Å². The summed E-state index contributed by atoms with van der Waals surface area (Å²) in [5, 5.41) is 0. The number of carbonyl (C=O) groups excluding carboxylic acids is 1. The molecule has 6 heteroatoms. The Morgan fingerprint density at radius 1 is 1.09 bits per heavy atom. The normalized spacial score (nSPS) is 11.4. The van der Waals surface area contributed by atoms with Crippen molar-refractivity contribution in [1.29, 1.82) is 0 Å². The van der Waals surface area contributed by atoms with Crippen molar-refractivity contribution in [2.24, 2.45) is 0 Å². The van der Waals surface area contributed by atoms with E-state index >= 15 is 0 Å². The molecule has 0 unspecified atom stereocenters. The fraction of sp³-hybridized carbons (Fsp3) is 0.118. The van der Waals surface area contributed by atoms with E-state index in [4.69, 9.17) is 4.74 Å². The molecule has 5 nitrogen and oxygen atoms in total. The molecule has 0 saturated carbocycles. The summed E-state index contributed by atoms with van der Waals surface area (Å²) in [6, 6.07) is 13.6. The first-order chi connectivity index (χ1) is 10.9. The largest absolute Gasteiger partial charge is 0.496 e. The minimum atomic E-state index is -3.33. The molecule has 1 N–H and O–H groups in total. The molecule has 2 aromatic carbocycles. The van der Waals surface area contributed by atoms with Gasteiger partial charge in [0.05, 0.1) is 13.4 Å². The Balaban J connectivity index is 2.13. The summed E-state index contributed by atoms with van der Waals surface area (Å²) < 4.78 is 29.8. The molecule has 2 rings (SSSR count). The number of para-hydroxylation sites is 1. The van der Waals surface area contributed by atoms with Crippen molar-refractivity contribution in [3.8, 4) is 5.75 Å². The van der Waals surface area contributed by atoms with Gasteiger partial charge in [-0.3, -0.25) is 9.52 Å². The van der Waals surface area contributed by atoms with Gasteiger partial charge in [0.2, 0.25) is 10.0 Å². The van der Waals surface area contributed by atoms with Gasteiger partial charge in [0.25, 0.3) is 0 Å². The van der Waals surface area contributed by atoms with Gasteiger partial charge >= 0.3 is 0 Å². The molecule has 0 radical (unpaired) electrons. The minimum Gasteiger partial charge on any atom is -0.496 e. The van der Waals surface area contributed by atoms with E-state index in [1.54, 1.807) is 37.5 Å². The Morgan fingerprint density at radius 3 is 2.35 bits per heavy atom. The Bertz CT molecular complexity index is 824. The van der Waals surface area contributed by atoms with Gasteiger partial charge in [-0.25, -0.2) is 8.42 Å². The number of allylic oxidation sites excluding steroid dienone is 1. The molecular weight excluding hydrogens is 314 g/mol. The average molecular weight is 331 g/mol. The number of methoxy groups -OCH3 is 1. The molecule has 0 amide bonds. The lowest BCUT2D eigenvalue weighted by Crippen LogP contribution is -2.09. The summed E-state index contributed by atoms with van der Waals surface area (Å²) in [5.74, 6) is 0.506. The summed E-state index contributed by atoms with van der Waals surface area (Å²) in [6.45, 7) is 0. The summed E-state index contributed by atoms with van der Waals surface area (Å²) in [4.78, 5) is 12.1. The zero-order chi connectivity index (χ0) is 16.9. The van der Waals surface area contributed by atoms with Crippen LogP contribution in [0.2, 0.25) is 0 Å². The van der Waals surface area contributed by atoms with Crippen LogP contribution in [0.1, 0.15) is 15.9 Å².